The van der Waals surface area contributed by atoms with Crippen molar-refractivity contribution in [2.45, 2.75) is 26.4 Å². The molecule has 0 aromatic carbocycles. The van der Waals surface area contributed by atoms with Crippen molar-refractivity contribution in [1.29, 1.82) is 0 Å². The van der Waals surface area contributed by atoms with E-state index in [4.69, 9.17) is 0 Å². The van der Waals surface area contributed by atoms with Crippen molar-refractivity contribution in [2.75, 3.05) is 0 Å². The van der Waals surface area contributed by atoms with E-state index < -0.39 is 0 Å². The summed E-state index contributed by atoms with van der Waals surface area (Å²) in [7, 11) is 0. The first kappa shape index (κ1) is 11.7. The predicted octanol–water partition coefficient (Wildman–Crippen LogP) is 2.47. The molecule has 0 saturated carbocycles. The summed E-state index contributed by atoms with van der Waals surface area (Å²) in [6.45, 7) is 3.82. The maximum Gasteiger partial charge on any atom is 0.179 e. The summed E-state index contributed by atoms with van der Waals surface area (Å²) < 4.78 is 0.929. The van der Waals surface area contributed by atoms with Gasteiger partial charge in [0.15, 0.2) is 5.82 Å². The lowest BCUT2D eigenvalue weighted by Gasteiger charge is -2.08. The summed E-state index contributed by atoms with van der Waals surface area (Å²) in [5.74, 6) is 0.710. The highest BCUT2D eigenvalue weighted by Gasteiger charge is 2.19. The maximum atomic E-state index is 4.65. The van der Waals surface area contributed by atoms with Crippen molar-refractivity contribution in [3.8, 4) is 11.5 Å². The zero-order valence-corrected chi connectivity index (χ0v) is 11.7. The summed E-state index contributed by atoms with van der Waals surface area (Å²) in [5, 5.41) is 3.32. The molecule has 0 saturated heterocycles. The van der Waals surface area contributed by atoms with Crippen LogP contribution in [-0.2, 0) is 19.5 Å². The molecule has 0 amide bonds. The van der Waals surface area contributed by atoms with Crippen LogP contribution in [0.15, 0.2) is 22.8 Å². The van der Waals surface area contributed by atoms with E-state index in [-0.39, 0.29) is 0 Å². The molecule has 0 radical (unpaired) electrons. The lowest BCUT2D eigenvalue weighted by molar-refractivity contribution is 0.755. The first-order valence-electron chi connectivity index (χ1n) is 6.00. The predicted molar refractivity (Wildman–Crippen MR) is 72.9 cm³/mol. The minimum absolute atomic E-state index is 0.710. The Morgan fingerprint density at radius 1 is 1.33 bits per heavy atom. The van der Waals surface area contributed by atoms with Crippen LogP contribution in [0.25, 0.3) is 11.5 Å². The quantitative estimate of drug-likeness (QED) is 0.926. The summed E-state index contributed by atoms with van der Waals surface area (Å²) >= 11 is 3.50. The molecule has 1 aliphatic heterocycles. The molecule has 92 valence electrons. The van der Waals surface area contributed by atoms with Gasteiger partial charge in [-0.05, 0) is 34.5 Å². The molecule has 0 bridgehead atoms. The fourth-order valence-corrected chi connectivity index (χ4v) is 2.62. The first-order valence-corrected chi connectivity index (χ1v) is 6.79. The van der Waals surface area contributed by atoms with Gasteiger partial charge in [0.1, 0.15) is 5.69 Å². The highest BCUT2D eigenvalue weighted by molar-refractivity contribution is 9.10. The minimum Gasteiger partial charge on any atom is -0.307 e. The van der Waals surface area contributed by atoms with Crippen molar-refractivity contribution in [3.05, 3.63) is 39.8 Å². The number of hydrogen-bond acceptors (Lipinski definition) is 4. The molecule has 0 spiro atoms. The SMILES string of the molecule is CCc1nc(-c2ncccc2Br)nc2c1CNC2. The number of nitrogens with one attached hydrogen (secondary N) is 1. The summed E-state index contributed by atoms with van der Waals surface area (Å²) in [6.07, 6.45) is 2.69. The van der Waals surface area contributed by atoms with Crippen molar-refractivity contribution >= 4 is 15.9 Å². The Morgan fingerprint density at radius 3 is 3.00 bits per heavy atom. The highest BCUT2D eigenvalue weighted by Crippen LogP contribution is 2.26. The average Bonchev–Trinajstić information content (AvgIpc) is 2.86. The van der Waals surface area contributed by atoms with Crippen LogP contribution >= 0.6 is 15.9 Å². The van der Waals surface area contributed by atoms with Gasteiger partial charge >= 0.3 is 0 Å². The molecule has 0 aliphatic carbocycles. The van der Waals surface area contributed by atoms with Crippen LogP contribution in [0.4, 0.5) is 0 Å². The number of hydrogen-bond donors (Lipinski definition) is 1. The molecule has 3 rings (SSSR count). The molecule has 5 heteroatoms. The standard InChI is InChI=1S/C13H13BrN4/c1-2-10-8-6-15-7-11(8)18-13(17-10)12-9(14)4-3-5-16-12/h3-5,15H,2,6-7H2,1H3. The number of aryl methyl sites for hydroxylation is 1. The molecule has 2 aromatic heterocycles. The van der Waals surface area contributed by atoms with Gasteiger partial charge < -0.3 is 5.32 Å². The van der Waals surface area contributed by atoms with Gasteiger partial charge in [-0.2, -0.15) is 0 Å². The lowest BCUT2D eigenvalue weighted by Crippen LogP contribution is -2.03. The van der Waals surface area contributed by atoms with Crippen LogP contribution in [0.1, 0.15) is 23.9 Å². The van der Waals surface area contributed by atoms with Gasteiger partial charge in [0.25, 0.3) is 0 Å². The monoisotopic (exact) mass is 304 g/mol. The van der Waals surface area contributed by atoms with Gasteiger partial charge in [0.05, 0.1) is 5.69 Å². The van der Waals surface area contributed by atoms with E-state index in [1.807, 2.05) is 12.1 Å². The number of halogens is 1. The van der Waals surface area contributed by atoms with Crippen LogP contribution in [0.3, 0.4) is 0 Å². The van der Waals surface area contributed by atoms with Crippen LogP contribution in [0, 0.1) is 0 Å². The maximum absolute atomic E-state index is 4.65. The van der Waals surface area contributed by atoms with E-state index in [2.05, 4.69) is 43.1 Å². The molecule has 0 unspecified atom stereocenters. The molecule has 0 atom stereocenters. The third-order valence-corrected chi connectivity index (χ3v) is 3.72. The topological polar surface area (TPSA) is 50.7 Å². The van der Waals surface area contributed by atoms with E-state index in [9.17, 15) is 0 Å². The van der Waals surface area contributed by atoms with Crippen molar-refractivity contribution in [3.63, 3.8) is 0 Å². The van der Waals surface area contributed by atoms with E-state index >= 15 is 0 Å². The fraction of sp³-hybridized carbons (Fsp3) is 0.308. The Balaban J connectivity index is 2.17. The molecular formula is C13H13BrN4. The molecule has 18 heavy (non-hydrogen) atoms. The second-order valence-electron chi connectivity index (χ2n) is 4.21. The van der Waals surface area contributed by atoms with Crippen LogP contribution < -0.4 is 5.32 Å². The Bertz CT molecular complexity index is 598. The molecule has 3 heterocycles. The molecule has 1 aliphatic rings. The zero-order chi connectivity index (χ0) is 12.5. The van der Waals surface area contributed by atoms with Crippen molar-refractivity contribution < 1.29 is 0 Å². The van der Waals surface area contributed by atoms with Crippen molar-refractivity contribution in [2.24, 2.45) is 0 Å². The van der Waals surface area contributed by atoms with Crippen molar-refractivity contribution in [1.82, 2.24) is 20.3 Å². The second kappa shape index (κ2) is 4.74. The molecule has 4 nitrogen and oxygen atoms in total. The molecule has 0 fully saturated rings. The first-order chi connectivity index (χ1) is 8.79. The smallest absolute Gasteiger partial charge is 0.179 e. The number of aromatic nitrogens is 3. The number of nitrogens with zero attached hydrogens (tertiary/aromatic N) is 3. The number of fused-ring (bicyclic) bond motifs is 1. The molecular weight excluding hydrogens is 292 g/mol. The second-order valence-corrected chi connectivity index (χ2v) is 5.06. The van der Waals surface area contributed by atoms with Crippen LogP contribution in [0.5, 0.6) is 0 Å². The van der Waals surface area contributed by atoms with E-state index in [0.717, 1.165) is 41.1 Å². The van der Waals surface area contributed by atoms with Gasteiger partial charge in [-0.15, -0.1) is 0 Å². The van der Waals surface area contributed by atoms with E-state index in [1.165, 1.54) is 5.56 Å². The molecule has 2 aromatic rings. The summed E-state index contributed by atoms with van der Waals surface area (Å²) in [6, 6.07) is 3.85. The molecule has 1 N–H and O–H groups in total. The minimum atomic E-state index is 0.710. The normalized spacial score (nSPS) is 13.7. The zero-order valence-electron chi connectivity index (χ0n) is 10.1. The highest BCUT2D eigenvalue weighted by atomic mass is 79.9. The van der Waals surface area contributed by atoms with E-state index in [1.54, 1.807) is 6.20 Å². The van der Waals surface area contributed by atoms with Gasteiger partial charge in [-0.3, -0.25) is 4.98 Å². The van der Waals surface area contributed by atoms with Crippen LogP contribution in [0.2, 0.25) is 0 Å². The lowest BCUT2D eigenvalue weighted by atomic mass is 10.1. The summed E-state index contributed by atoms with van der Waals surface area (Å²) in [5.41, 5.74) is 4.29. The van der Waals surface area contributed by atoms with Gasteiger partial charge in [-0.25, -0.2) is 9.97 Å². The van der Waals surface area contributed by atoms with Gasteiger partial charge in [0.2, 0.25) is 0 Å². The Kier molecular flexibility index (Phi) is 3.09. The van der Waals surface area contributed by atoms with Gasteiger partial charge in [0, 0.05) is 35.0 Å². The Morgan fingerprint density at radius 2 is 2.22 bits per heavy atom. The summed E-state index contributed by atoms with van der Waals surface area (Å²) in [4.78, 5) is 13.6. The third kappa shape index (κ3) is 1.93. The fourth-order valence-electron chi connectivity index (χ4n) is 2.19. The largest absolute Gasteiger partial charge is 0.307 e. The Hall–Kier alpha value is -1.33. The van der Waals surface area contributed by atoms with E-state index in [0.29, 0.717) is 5.82 Å². The number of rotatable bonds is 2. The van der Waals surface area contributed by atoms with Gasteiger partial charge in [-0.1, -0.05) is 6.92 Å². The Labute approximate surface area is 114 Å². The average molecular weight is 305 g/mol. The number of pyridine rings is 1. The van der Waals surface area contributed by atoms with Crippen LogP contribution in [-0.4, -0.2) is 15.0 Å². The third-order valence-electron chi connectivity index (χ3n) is 3.08.